The smallest absolute Gasteiger partial charge is 0.300 e. The number of carbonyl (C=O) groups excluding carboxylic acids is 2. The minimum atomic E-state index is -0.889. The number of hydrogen-bond acceptors (Lipinski definition) is 4. The Balaban J connectivity index is 1.79. The van der Waals surface area contributed by atoms with Gasteiger partial charge in [-0.3, -0.25) is 14.5 Å². The second-order valence-corrected chi connectivity index (χ2v) is 8.40. The third-order valence-corrected chi connectivity index (χ3v) is 6.34. The zero-order valence-electron chi connectivity index (χ0n) is 19.2. The van der Waals surface area contributed by atoms with E-state index in [0.29, 0.717) is 22.6 Å². The topological polar surface area (TPSA) is 66.8 Å². The molecule has 1 fully saturated rings. The fourth-order valence-electron chi connectivity index (χ4n) is 4.57. The molecule has 1 saturated heterocycles. The van der Waals surface area contributed by atoms with E-state index in [0.717, 1.165) is 10.8 Å². The highest BCUT2D eigenvalue weighted by Gasteiger charge is 2.47. The number of hydrogen-bond donors (Lipinski definition) is 1. The maximum absolute atomic E-state index is 13.9. The van der Waals surface area contributed by atoms with E-state index in [-0.39, 0.29) is 16.9 Å². The molecule has 35 heavy (non-hydrogen) atoms. The fourth-order valence-corrected chi connectivity index (χ4v) is 4.57. The molecule has 0 bridgehead atoms. The number of ether oxygens (including phenoxy) is 1. The van der Waals surface area contributed by atoms with Crippen LogP contribution in [0.5, 0.6) is 5.75 Å². The van der Waals surface area contributed by atoms with Gasteiger partial charge in [-0.25, -0.2) is 4.39 Å². The van der Waals surface area contributed by atoms with Gasteiger partial charge in [0.25, 0.3) is 11.7 Å². The summed E-state index contributed by atoms with van der Waals surface area (Å²) < 4.78 is 19.1. The summed E-state index contributed by atoms with van der Waals surface area (Å²) in [5.74, 6) is -1.73. The number of carbonyl (C=O) groups is 2. The van der Waals surface area contributed by atoms with Crippen LogP contribution >= 0.6 is 0 Å². The Kier molecular flexibility index (Phi) is 5.57. The number of nitrogens with zero attached hydrogens (tertiary/aromatic N) is 1. The molecule has 0 saturated carbocycles. The number of amides is 1. The van der Waals surface area contributed by atoms with Crippen LogP contribution in [-0.4, -0.2) is 23.9 Å². The van der Waals surface area contributed by atoms with Crippen molar-refractivity contribution in [2.75, 3.05) is 12.0 Å². The van der Waals surface area contributed by atoms with Crippen LogP contribution in [0.25, 0.3) is 16.5 Å². The second kappa shape index (κ2) is 8.72. The molecule has 1 atom stereocenters. The molecule has 4 aromatic carbocycles. The van der Waals surface area contributed by atoms with Crippen molar-refractivity contribution < 1.29 is 23.8 Å². The van der Waals surface area contributed by atoms with Crippen LogP contribution < -0.4 is 9.64 Å². The van der Waals surface area contributed by atoms with Crippen molar-refractivity contribution in [1.82, 2.24) is 0 Å². The van der Waals surface area contributed by atoms with E-state index in [1.54, 1.807) is 38.3 Å². The molecule has 4 aromatic rings. The summed E-state index contributed by atoms with van der Waals surface area (Å²) in [4.78, 5) is 28.2. The summed E-state index contributed by atoms with van der Waals surface area (Å²) in [5, 5.41) is 13.1. The van der Waals surface area contributed by atoms with Crippen LogP contribution in [0, 0.1) is 12.7 Å². The molecule has 5 rings (SSSR count). The number of fused-ring (bicyclic) bond motifs is 1. The van der Waals surface area contributed by atoms with Gasteiger partial charge in [0.15, 0.2) is 0 Å². The number of aliphatic hydroxyl groups is 1. The van der Waals surface area contributed by atoms with Gasteiger partial charge in [0.1, 0.15) is 17.3 Å². The van der Waals surface area contributed by atoms with Gasteiger partial charge in [-0.2, -0.15) is 0 Å². The highest BCUT2D eigenvalue weighted by Crippen LogP contribution is 2.44. The number of benzene rings is 4. The van der Waals surface area contributed by atoms with Gasteiger partial charge < -0.3 is 9.84 Å². The van der Waals surface area contributed by atoms with Crippen molar-refractivity contribution >= 4 is 33.9 Å². The van der Waals surface area contributed by atoms with Crippen molar-refractivity contribution in [3.63, 3.8) is 0 Å². The number of aliphatic hydroxyl groups excluding tert-OH is 1. The lowest BCUT2D eigenvalue weighted by molar-refractivity contribution is -0.132. The van der Waals surface area contributed by atoms with Crippen molar-refractivity contribution in [2.24, 2.45) is 0 Å². The zero-order chi connectivity index (χ0) is 24.7. The first-order valence-corrected chi connectivity index (χ1v) is 11.1. The van der Waals surface area contributed by atoms with E-state index in [2.05, 4.69) is 0 Å². The Morgan fingerprint density at radius 2 is 1.66 bits per heavy atom. The van der Waals surface area contributed by atoms with Gasteiger partial charge in [-0.05, 0) is 71.3 Å². The summed E-state index contributed by atoms with van der Waals surface area (Å²) in [6.45, 7) is 1.57. The van der Waals surface area contributed by atoms with Gasteiger partial charge in [0, 0.05) is 11.3 Å². The lowest BCUT2D eigenvalue weighted by Gasteiger charge is -2.26. The third-order valence-electron chi connectivity index (χ3n) is 6.34. The molecule has 1 aliphatic heterocycles. The van der Waals surface area contributed by atoms with Crippen molar-refractivity contribution in [3.05, 3.63) is 113 Å². The van der Waals surface area contributed by atoms with E-state index in [1.165, 1.54) is 23.1 Å². The number of Topliss-reactive ketones (excluding diaryl/α,β-unsaturated/α-hetero) is 1. The van der Waals surface area contributed by atoms with Gasteiger partial charge in [-0.15, -0.1) is 0 Å². The van der Waals surface area contributed by atoms with Gasteiger partial charge in [0.2, 0.25) is 0 Å². The first-order valence-electron chi connectivity index (χ1n) is 11.1. The zero-order valence-corrected chi connectivity index (χ0v) is 19.2. The van der Waals surface area contributed by atoms with E-state index in [4.69, 9.17) is 4.74 Å². The van der Waals surface area contributed by atoms with Crippen LogP contribution in [0.1, 0.15) is 22.7 Å². The van der Waals surface area contributed by atoms with Crippen LogP contribution in [0.15, 0.2) is 90.5 Å². The Hall–Kier alpha value is -4.45. The standard InChI is InChI=1S/C29H22FNO4/c1-17-16-19(10-15-24(17)30)27(32)25-26(23-9-5-7-18-6-3-4-8-22(18)23)31(29(34)28(25)33)20-11-13-21(35-2)14-12-20/h3-16,26,32H,1-2H3/b27-25-. The largest absolute Gasteiger partial charge is 0.507 e. The predicted octanol–water partition coefficient (Wildman–Crippen LogP) is 5.92. The molecular formula is C29H22FNO4. The normalized spacial score (nSPS) is 17.2. The monoisotopic (exact) mass is 467 g/mol. The molecule has 0 aliphatic carbocycles. The van der Waals surface area contributed by atoms with Crippen molar-refractivity contribution in [3.8, 4) is 5.75 Å². The van der Waals surface area contributed by atoms with Gasteiger partial charge in [0.05, 0.1) is 18.7 Å². The highest BCUT2D eigenvalue weighted by atomic mass is 19.1. The summed E-state index contributed by atoms with van der Waals surface area (Å²) in [7, 11) is 1.54. The molecule has 174 valence electrons. The number of methoxy groups -OCH3 is 1. The number of halogens is 1. The SMILES string of the molecule is COc1ccc(N2C(=O)C(=O)/C(=C(\O)c3ccc(F)c(C)c3)C2c2cccc3ccccc23)cc1. The molecule has 0 aromatic heterocycles. The molecule has 1 aliphatic rings. The lowest BCUT2D eigenvalue weighted by Crippen LogP contribution is -2.29. The maximum Gasteiger partial charge on any atom is 0.300 e. The minimum absolute atomic E-state index is 0.0480. The molecule has 5 nitrogen and oxygen atoms in total. The Morgan fingerprint density at radius 1 is 0.943 bits per heavy atom. The van der Waals surface area contributed by atoms with Crippen molar-refractivity contribution in [1.29, 1.82) is 0 Å². The Bertz CT molecular complexity index is 1500. The average molecular weight is 467 g/mol. The number of aryl methyl sites for hydroxylation is 1. The number of anilines is 1. The maximum atomic E-state index is 13.9. The first-order chi connectivity index (χ1) is 16.9. The fraction of sp³-hybridized carbons (Fsp3) is 0.103. The molecule has 1 amide bonds. The molecule has 0 spiro atoms. The molecular weight excluding hydrogens is 445 g/mol. The van der Waals surface area contributed by atoms with E-state index in [9.17, 15) is 19.1 Å². The minimum Gasteiger partial charge on any atom is -0.507 e. The summed E-state index contributed by atoms with van der Waals surface area (Å²) >= 11 is 0. The summed E-state index contributed by atoms with van der Waals surface area (Å²) in [5.41, 5.74) is 1.72. The van der Waals surface area contributed by atoms with E-state index >= 15 is 0 Å². The molecule has 0 radical (unpaired) electrons. The lowest BCUT2D eigenvalue weighted by atomic mass is 9.91. The molecule has 1 unspecified atom stereocenters. The molecule has 6 heteroatoms. The predicted molar refractivity (Wildman–Crippen MR) is 133 cm³/mol. The average Bonchev–Trinajstić information content (AvgIpc) is 3.15. The number of rotatable bonds is 4. The van der Waals surface area contributed by atoms with Crippen LogP contribution in [0.4, 0.5) is 10.1 Å². The van der Waals surface area contributed by atoms with Crippen LogP contribution in [0.2, 0.25) is 0 Å². The van der Waals surface area contributed by atoms with Crippen LogP contribution in [-0.2, 0) is 9.59 Å². The highest BCUT2D eigenvalue weighted by molar-refractivity contribution is 6.51. The second-order valence-electron chi connectivity index (χ2n) is 8.40. The molecule has 1 N–H and O–H groups in total. The Morgan fingerprint density at radius 3 is 2.37 bits per heavy atom. The Labute approximate surface area is 201 Å². The summed E-state index contributed by atoms with van der Waals surface area (Å²) in [6.07, 6.45) is 0. The van der Waals surface area contributed by atoms with Crippen LogP contribution in [0.3, 0.4) is 0 Å². The first kappa shape index (κ1) is 22.3. The van der Waals surface area contributed by atoms with Gasteiger partial charge in [-0.1, -0.05) is 42.5 Å². The quantitative estimate of drug-likeness (QED) is 0.230. The molecule has 1 heterocycles. The van der Waals surface area contributed by atoms with E-state index < -0.39 is 23.5 Å². The van der Waals surface area contributed by atoms with Gasteiger partial charge >= 0.3 is 0 Å². The van der Waals surface area contributed by atoms with E-state index in [1.807, 2.05) is 42.5 Å². The third kappa shape index (κ3) is 3.73. The number of ketones is 1. The van der Waals surface area contributed by atoms with Crippen molar-refractivity contribution in [2.45, 2.75) is 13.0 Å². The summed E-state index contributed by atoms with van der Waals surface area (Å²) in [6, 6.07) is 23.3.